The molecule has 0 aromatic heterocycles. The van der Waals surface area contributed by atoms with Gasteiger partial charge in [0.05, 0.1) is 37.7 Å². The number of rotatable bonds is 8. The van der Waals surface area contributed by atoms with Gasteiger partial charge in [0.1, 0.15) is 0 Å². The molecule has 0 unspecified atom stereocenters. The maximum absolute atomic E-state index is 12.3. The maximum Gasteiger partial charge on any atom is 0.238 e. The number of amides is 1. The van der Waals surface area contributed by atoms with E-state index >= 15 is 0 Å². The van der Waals surface area contributed by atoms with Crippen molar-refractivity contribution in [1.29, 1.82) is 0 Å². The summed E-state index contributed by atoms with van der Waals surface area (Å²) in [6.45, 7) is 1.90. The highest BCUT2D eigenvalue weighted by molar-refractivity contribution is 7.89. The zero-order valence-corrected chi connectivity index (χ0v) is 16.6. The van der Waals surface area contributed by atoms with E-state index < -0.39 is 10.0 Å². The van der Waals surface area contributed by atoms with Crippen molar-refractivity contribution >= 4 is 33.2 Å². The lowest BCUT2D eigenvalue weighted by Gasteiger charge is -2.25. The fourth-order valence-electron chi connectivity index (χ4n) is 2.75. The first kappa shape index (κ1) is 20.8. The largest absolute Gasteiger partial charge is 0.381 e. The van der Waals surface area contributed by atoms with Crippen LogP contribution < -0.4 is 10.5 Å². The van der Waals surface area contributed by atoms with Crippen molar-refractivity contribution in [2.45, 2.75) is 17.9 Å². The molecule has 1 saturated heterocycles. The van der Waals surface area contributed by atoms with Crippen molar-refractivity contribution in [2.75, 3.05) is 25.1 Å². The maximum atomic E-state index is 12.3. The minimum absolute atomic E-state index is 0.0682. The Morgan fingerprint density at radius 1 is 1.21 bits per heavy atom. The fraction of sp³-hybridized carbons (Fsp3) is 0.316. The summed E-state index contributed by atoms with van der Waals surface area (Å²) < 4.78 is 34.6. The van der Waals surface area contributed by atoms with E-state index in [4.69, 9.17) is 26.2 Å². The molecule has 1 aliphatic heterocycles. The van der Waals surface area contributed by atoms with Gasteiger partial charge in [0.15, 0.2) is 0 Å². The van der Waals surface area contributed by atoms with Crippen molar-refractivity contribution in [1.82, 2.24) is 0 Å². The Bertz CT molecular complexity index is 961. The minimum atomic E-state index is -3.98. The SMILES string of the molecule is NS(=O)(=O)c1cc(NC(=O)Cc2ccccc2Cl)ccc1COCC1COC1. The summed E-state index contributed by atoms with van der Waals surface area (Å²) in [5.74, 6) is 0.0174. The number of nitrogens with one attached hydrogen (secondary N) is 1. The summed E-state index contributed by atoms with van der Waals surface area (Å²) in [7, 11) is -3.98. The van der Waals surface area contributed by atoms with Gasteiger partial charge >= 0.3 is 0 Å². The molecule has 0 saturated carbocycles. The van der Waals surface area contributed by atoms with Crippen LogP contribution in [0.25, 0.3) is 0 Å². The molecule has 1 heterocycles. The Morgan fingerprint density at radius 2 is 1.96 bits per heavy atom. The first-order valence-corrected chi connectivity index (χ1v) is 10.6. The van der Waals surface area contributed by atoms with Crippen LogP contribution in [0.15, 0.2) is 47.4 Å². The Morgan fingerprint density at radius 3 is 2.61 bits per heavy atom. The summed E-state index contributed by atoms with van der Waals surface area (Å²) in [5, 5.41) is 8.50. The number of primary sulfonamides is 1. The van der Waals surface area contributed by atoms with E-state index in [-0.39, 0.29) is 23.8 Å². The molecule has 0 atom stereocenters. The van der Waals surface area contributed by atoms with Crippen LogP contribution in [0.4, 0.5) is 5.69 Å². The molecular weight excluding hydrogens is 404 g/mol. The molecule has 1 fully saturated rings. The zero-order chi connectivity index (χ0) is 20.1. The molecule has 28 heavy (non-hydrogen) atoms. The number of carbonyl (C=O) groups is 1. The molecule has 0 bridgehead atoms. The summed E-state index contributed by atoms with van der Waals surface area (Å²) in [5.41, 5.74) is 1.45. The Labute approximate surface area is 168 Å². The summed E-state index contributed by atoms with van der Waals surface area (Å²) in [6, 6.07) is 11.6. The highest BCUT2D eigenvalue weighted by Gasteiger charge is 2.20. The highest BCUT2D eigenvalue weighted by Crippen LogP contribution is 2.22. The van der Waals surface area contributed by atoms with E-state index in [1.807, 2.05) is 0 Å². The Kier molecular flexibility index (Phi) is 6.69. The smallest absolute Gasteiger partial charge is 0.238 e. The van der Waals surface area contributed by atoms with Crippen molar-refractivity contribution in [2.24, 2.45) is 11.1 Å². The minimum Gasteiger partial charge on any atom is -0.381 e. The normalized spacial score (nSPS) is 14.5. The number of carbonyl (C=O) groups excluding carboxylic acids is 1. The van der Waals surface area contributed by atoms with Crippen LogP contribution in [-0.4, -0.2) is 34.1 Å². The lowest BCUT2D eigenvalue weighted by molar-refractivity contribution is -0.115. The second-order valence-electron chi connectivity index (χ2n) is 6.60. The number of halogens is 1. The standard InChI is InChI=1S/C19H21ClN2O5S/c20-17-4-2-1-3-14(17)7-19(23)22-16-6-5-15(18(8-16)28(21,24)25)12-27-11-13-9-26-10-13/h1-6,8,13H,7,9-12H2,(H,22,23)(H2,21,24,25). The number of sulfonamides is 1. The van der Waals surface area contributed by atoms with Gasteiger partial charge in [0, 0.05) is 16.6 Å². The lowest BCUT2D eigenvalue weighted by Crippen LogP contribution is -2.31. The predicted molar refractivity (Wildman–Crippen MR) is 106 cm³/mol. The number of nitrogens with two attached hydrogens (primary N) is 1. The Balaban J connectivity index is 1.69. The van der Waals surface area contributed by atoms with Gasteiger partial charge in [-0.25, -0.2) is 13.6 Å². The van der Waals surface area contributed by atoms with Crippen molar-refractivity contribution in [3.05, 3.63) is 58.6 Å². The van der Waals surface area contributed by atoms with Crippen LogP contribution in [0.2, 0.25) is 5.02 Å². The van der Waals surface area contributed by atoms with E-state index in [1.54, 1.807) is 36.4 Å². The number of anilines is 1. The van der Waals surface area contributed by atoms with Gasteiger partial charge < -0.3 is 14.8 Å². The van der Waals surface area contributed by atoms with Crippen LogP contribution in [-0.2, 0) is 37.3 Å². The molecule has 9 heteroatoms. The van der Waals surface area contributed by atoms with E-state index in [0.29, 0.717) is 47.6 Å². The molecule has 7 nitrogen and oxygen atoms in total. The molecular formula is C19H21ClN2O5S. The first-order valence-electron chi connectivity index (χ1n) is 8.67. The van der Waals surface area contributed by atoms with Crippen molar-refractivity contribution in [3.8, 4) is 0 Å². The van der Waals surface area contributed by atoms with Crippen LogP contribution in [0.1, 0.15) is 11.1 Å². The summed E-state index contributed by atoms with van der Waals surface area (Å²) >= 11 is 6.06. The molecule has 0 radical (unpaired) electrons. The van der Waals surface area contributed by atoms with E-state index in [2.05, 4.69) is 5.32 Å². The number of benzene rings is 2. The third kappa shape index (κ3) is 5.52. The third-order valence-electron chi connectivity index (χ3n) is 4.28. The summed E-state index contributed by atoms with van der Waals surface area (Å²) in [4.78, 5) is 12.2. The zero-order valence-electron chi connectivity index (χ0n) is 15.1. The first-order chi connectivity index (χ1) is 13.3. The predicted octanol–water partition coefficient (Wildman–Crippen LogP) is 2.33. The van der Waals surface area contributed by atoms with Crippen molar-refractivity contribution in [3.63, 3.8) is 0 Å². The molecule has 0 spiro atoms. The van der Waals surface area contributed by atoms with Gasteiger partial charge in [-0.2, -0.15) is 0 Å². The average molecular weight is 425 g/mol. The monoisotopic (exact) mass is 424 g/mol. The quantitative estimate of drug-likeness (QED) is 0.676. The molecule has 0 aliphatic carbocycles. The number of hydrogen-bond acceptors (Lipinski definition) is 5. The molecule has 150 valence electrons. The molecule has 1 amide bonds. The third-order valence-corrected chi connectivity index (χ3v) is 5.65. The average Bonchev–Trinajstić information content (AvgIpc) is 2.59. The second kappa shape index (κ2) is 9.02. The topological polar surface area (TPSA) is 108 Å². The summed E-state index contributed by atoms with van der Waals surface area (Å²) in [6.07, 6.45) is 0.0682. The number of hydrogen-bond donors (Lipinski definition) is 2. The molecule has 2 aromatic carbocycles. The van der Waals surface area contributed by atoms with Crippen LogP contribution in [0.3, 0.4) is 0 Å². The molecule has 3 rings (SSSR count). The fourth-order valence-corrected chi connectivity index (χ4v) is 3.74. The van der Waals surface area contributed by atoms with Gasteiger partial charge in [0.2, 0.25) is 15.9 Å². The van der Waals surface area contributed by atoms with E-state index in [0.717, 1.165) is 0 Å². The van der Waals surface area contributed by atoms with Crippen LogP contribution in [0, 0.1) is 5.92 Å². The van der Waals surface area contributed by atoms with Crippen LogP contribution in [0.5, 0.6) is 0 Å². The molecule has 3 N–H and O–H groups in total. The Hall–Kier alpha value is -1.97. The molecule has 1 aliphatic rings. The lowest BCUT2D eigenvalue weighted by atomic mass is 10.1. The van der Waals surface area contributed by atoms with Gasteiger partial charge in [-0.3, -0.25) is 4.79 Å². The highest BCUT2D eigenvalue weighted by atomic mass is 35.5. The van der Waals surface area contributed by atoms with Gasteiger partial charge in [-0.1, -0.05) is 35.9 Å². The van der Waals surface area contributed by atoms with Crippen LogP contribution >= 0.6 is 11.6 Å². The van der Waals surface area contributed by atoms with Crippen molar-refractivity contribution < 1.29 is 22.7 Å². The van der Waals surface area contributed by atoms with Gasteiger partial charge in [-0.15, -0.1) is 0 Å². The van der Waals surface area contributed by atoms with Gasteiger partial charge in [-0.05, 0) is 29.3 Å². The molecule has 2 aromatic rings. The second-order valence-corrected chi connectivity index (χ2v) is 8.54. The van der Waals surface area contributed by atoms with E-state index in [9.17, 15) is 13.2 Å². The number of ether oxygens (including phenoxy) is 2. The van der Waals surface area contributed by atoms with Gasteiger partial charge in [0.25, 0.3) is 0 Å². The van der Waals surface area contributed by atoms with E-state index in [1.165, 1.54) is 6.07 Å².